The summed E-state index contributed by atoms with van der Waals surface area (Å²) in [4.78, 5) is 1.94. The lowest BCUT2D eigenvalue weighted by Crippen LogP contribution is -2.30. The number of nitrogens with zero attached hydrogens (tertiary/aromatic N) is 1. The maximum atomic E-state index is 9.79. The third-order valence-electron chi connectivity index (χ3n) is 2.20. The summed E-state index contributed by atoms with van der Waals surface area (Å²) in [5.74, 6) is 2.55. The number of aliphatic hydroxyl groups excluding tert-OH is 1. The Labute approximate surface area is 91.5 Å². The summed E-state index contributed by atoms with van der Waals surface area (Å²) in [5.41, 5.74) is 1.15. The molecule has 0 saturated carbocycles. The van der Waals surface area contributed by atoms with Gasteiger partial charge in [-0.15, -0.1) is 6.42 Å². The van der Waals surface area contributed by atoms with Crippen molar-refractivity contribution in [3.05, 3.63) is 35.9 Å². The Morgan fingerprint density at radius 1 is 1.40 bits per heavy atom. The van der Waals surface area contributed by atoms with E-state index in [1.54, 1.807) is 0 Å². The minimum atomic E-state index is -0.356. The van der Waals surface area contributed by atoms with Crippen LogP contribution in [0.1, 0.15) is 5.56 Å². The topological polar surface area (TPSA) is 23.5 Å². The average Bonchev–Trinajstić information content (AvgIpc) is 2.19. The van der Waals surface area contributed by atoms with E-state index in [1.807, 2.05) is 42.3 Å². The van der Waals surface area contributed by atoms with E-state index < -0.39 is 0 Å². The summed E-state index contributed by atoms with van der Waals surface area (Å²) < 4.78 is 0. The lowest BCUT2D eigenvalue weighted by Gasteiger charge is -2.18. The van der Waals surface area contributed by atoms with Crippen LogP contribution in [0.15, 0.2) is 30.3 Å². The van der Waals surface area contributed by atoms with Crippen LogP contribution in [-0.2, 0) is 6.42 Å². The Bertz CT molecular complexity index is 315. The van der Waals surface area contributed by atoms with Gasteiger partial charge in [0.25, 0.3) is 0 Å². The highest BCUT2D eigenvalue weighted by Gasteiger charge is 2.07. The summed E-state index contributed by atoms with van der Waals surface area (Å²) >= 11 is 0. The van der Waals surface area contributed by atoms with E-state index >= 15 is 0 Å². The second kappa shape index (κ2) is 6.23. The van der Waals surface area contributed by atoms with Crippen LogP contribution in [0.4, 0.5) is 0 Å². The van der Waals surface area contributed by atoms with Gasteiger partial charge in [-0.3, -0.25) is 4.90 Å². The first-order valence-corrected chi connectivity index (χ1v) is 5.06. The van der Waals surface area contributed by atoms with Gasteiger partial charge in [0.05, 0.1) is 12.6 Å². The zero-order chi connectivity index (χ0) is 11.1. The van der Waals surface area contributed by atoms with Crippen LogP contribution in [0.5, 0.6) is 0 Å². The molecule has 0 aliphatic heterocycles. The summed E-state index contributed by atoms with van der Waals surface area (Å²) in [5, 5.41) is 9.79. The van der Waals surface area contributed by atoms with E-state index in [1.165, 1.54) is 0 Å². The van der Waals surface area contributed by atoms with Gasteiger partial charge in [0.2, 0.25) is 0 Å². The molecule has 1 atom stereocenters. The fourth-order valence-electron chi connectivity index (χ4n) is 1.53. The molecule has 80 valence electrons. The zero-order valence-electron chi connectivity index (χ0n) is 9.06. The molecule has 0 saturated heterocycles. The first-order chi connectivity index (χ1) is 7.22. The maximum Gasteiger partial charge on any atom is 0.0707 e. The highest BCUT2D eigenvalue weighted by Crippen LogP contribution is 2.03. The first-order valence-electron chi connectivity index (χ1n) is 5.06. The monoisotopic (exact) mass is 203 g/mol. The molecule has 0 aliphatic rings. The van der Waals surface area contributed by atoms with Gasteiger partial charge in [-0.05, 0) is 19.0 Å². The van der Waals surface area contributed by atoms with E-state index in [2.05, 4.69) is 5.92 Å². The number of terminal acetylenes is 1. The zero-order valence-corrected chi connectivity index (χ0v) is 9.06. The lowest BCUT2D eigenvalue weighted by atomic mass is 10.1. The second-order valence-corrected chi connectivity index (χ2v) is 3.74. The maximum absolute atomic E-state index is 9.79. The number of benzene rings is 1. The van der Waals surface area contributed by atoms with E-state index in [0.717, 1.165) is 5.56 Å². The molecule has 15 heavy (non-hydrogen) atoms. The van der Waals surface area contributed by atoms with Crippen molar-refractivity contribution in [2.75, 3.05) is 20.1 Å². The van der Waals surface area contributed by atoms with E-state index in [9.17, 15) is 5.11 Å². The van der Waals surface area contributed by atoms with E-state index in [4.69, 9.17) is 6.42 Å². The molecule has 2 heteroatoms. The largest absolute Gasteiger partial charge is 0.391 e. The molecule has 0 radical (unpaired) electrons. The number of rotatable bonds is 5. The van der Waals surface area contributed by atoms with E-state index in [0.29, 0.717) is 19.5 Å². The number of hydrogen-bond donors (Lipinski definition) is 1. The Morgan fingerprint density at radius 3 is 2.67 bits per heavy atom. The minimum absolute atomic E-state index is 0.356. The predicted molar refractivity (Wildman–Crippen MR) is 62.5 cm³/mol. The summed E-state index contributed by atoms with van der Waals surface area (Å²) in [6.45, 7) is 1.19. The van der Waals surface area contributed by atoms with Crippen LogP contribution in [0.3, 0.4) is 0 Å². The molecule has 1 aromatic carbocycles. The van der Waals surface area contributed by atoms with Gasteiger partial charge in [0.1, 0.15) is 0 Å². The molecule has 0 aromatic heterocycles. The van der Waals surface area contributed by atoms with Crippen LogP contribution in [-0.4, -0.2) is 36.2 Å². The molecular formula is C13H17NO. The Balaban J connectivity index is 2.37. The third-order valence-corrected chi connectivity index (χ3v) is 2.20. The molecule has 0 unspecified atom stereocenters. The van der Waals surface area contributed by atoms with Crippen LogP contribution >= 0.6 is 0 Å². The van der Waals surface area contributed by atoms with Crippen molar-refractivity contribution < 1.29 is 5.11 Å². The summed E-state index contributed by atoms with van der Waals surface area (Å²) in [6, 6.07) is 9.97. The van der Waals surface area contributed by atoms with Crippen molar-refractivity contribution in [1.29, 1.82) is 0 Å². The van der Waals surface area contributed by atoms with Gasteiger partial charge in [0, 0.05) is 6.54 Å². The SMILES string of the molecule is C#CCN(C)C[C@H](O)Cc1ccccc1. The molecule has 1 N–H and O–H groups in total. The summed E-state index contributed by atoms with van der Waals surface area (Å²) in [6.07, 6.45) is 5.50. The smallest absolute Gasteiger partial charge is 0.0707 e. The molecule has 0 spiro atoms. The van der Waals surface area contributed by atoms with Crippen LogP contribution in [0, 0.1) is 12.3 Å². The fraction of sp³-hybridized carbons (Fsp3) is 0.385. The van der Waals surface area contributed by atoms with Gasteiger partial charge in [-0.1, -0.05) is 36.3 Å². The van der Waals surface area contributed by atoms with Gasteiger partial charge in [-0.2, -0.15) is 0 Å². The van der Waals surface area contributed by atoms with Gasteiger partial charge in [0.15, 0.2) is 0 Å². The second-order valence-electron chi connectivity index (χ2n) is 3.74. The molecule has 0 aliphatic carbocycles. The average molecular weight is 203 g/mol. The molecule has 1 rings (SSSR count). The van der Waals surface area contributed by atoms with E-state index in [-0.39, 0.29) is 6.10 Å². The molecular weight excluding hydrogens is 186 g/mol. The normalized spacial score (nSPS) is 12.4. The van der Waals surface area contributed by atoms with Crippen molar-refractivity contribution in [2.24, 2.45) is 0 Å². The Morgan fingerprint density at radius 2 is 2.07 bits per heavy atom. The predicted octanol–water partition coefficient (Wildman–Crippen LogP) is 1.16. The molecule has 0 heterocycles. The number of hydrogen-bond acceptors (Lipinski definition) is 2. The standard InChI is InChI=1S/C13H17NO/c1-3-9-14(2)11-13(15)10-12-7-5-4-6-8-12/h1,4-8,13,15H,9-11H2,2H3/t13-/m1/s1. The first kappa shape index (κ1) is 11.8. The lowest BCUT2D eigenvalue weighted by molar-refractivity contribution is 0.132. The van der Waals surface area contributed by atoms with Crippen molar-refractivity contribution in [2.45, 2.75) is 12.5 Å². The van der Waals surface area contributed by atoms with Crippen LogP contribution in [0.25, 0.3) is 0 Å². The van der Waals surface area contributed by atoms with Crippen molar-refractivity contribution >= 4 is 0 Å². The highest BCUT2D eigenvalue weighted by molar-refractivity contribution is 5.15. The van der Waals surface area contributed by atoms with Crippen molar-refractivity contribution in [3.63, 3.8) is 0 Å². The number of aliphatic hydroxyl groups is 1. The molecule has 2 nitrogen and oxygen atoms in total. The van der Waals surface area contributed by atoms with Crippen molar-refractivity contribution in [3.8, 4) is 12.3 Å². The summed E-state index contributed by atoms with van der Waals surface area (Å²) in [7, 11) is 1.91. The molecule has 0 fully saturated rings. The molecule has 1 aromatic rings. The Kier molecular flexibility index (Phi) is 4.89. The van der Waals surface area contributed by atoms with Gasteiger partial charge in [-0.25, -0.2) is 0 Å². The quantitative estimate of drug-likeness (QED) is 0.726. The molecule has 0 amide bonds. The fourth-order valence-corrected chi connectivity index (χ4v) is 1.53. The van der Waals surface area contributed by atoms with Crippen molar-refractivity contribution in [1.82, 2.24) is 4.90 Å². The number of likely N-dealkylation sites (N-methyl/N-ethyl adjacent to an activating group) is 1. The van der Waals surface area contributed by atoms with Gasteiger partial charge < -0.3 is 5.11 Å². The van der Waals surface area contributed by atoms with Crippen LogP contribution < -0.4 is 0 Å². The van der Waals surface area contributed by atoms with Gasteiger partial charge >= 0.3 is 0 Å². The highest BCUT2D eigenvalue weighted by atomic mass is 16.3. The van der Waals surface area contributed by atoms with Crippen LogP contribution in [0.2, 0.25) is 0 Å². The minimum Gasteiger partial charge on any atom is -0.391 e. The third kappa shape index (κ3) is 4.64. The Hall–Kier alpha value is -1.30. The molecule has 0 bridgehead atoms.